The van der Waals surface area contributed by atoms with Crippen LogP contribution in [-0.4, -0.2) is 19.6 Å². The van der Waals surface area contributed by atoms with Crippen LogP contribution in [-0.2, 0) is 4.79 Å². The van der Waals surface area contributed by atoms with Gasteiger partial charge in [-0.15, -0.1) is 0 Å². The van der Waals surface area contributed by atoms with Crippen LogP contribution in [0.25, 0.3) is 0 Å². The van der Waals surface area contributed by atoms with Crippen molar-refractivity contribution < 1.29 is 9.53 Å². The van der Waals surface area contributed by atoms with Crippen molar-refractivity contribution in [3.05, 3.63) is 52.0 Å². The minimum absolute atomic E-state index is 0.133. The highest BCUT2D eigenvalue weighted by Crippen LogP contribution is 2.25. The lowest BCUT2D eigenvalue weighted by Gasteiger charge is -2.09. The van der Waals surface area contributed by atoms with E-state index in [9.17, 15) is 4.79 Å². The maximum Gasteiger partial charge on any atom is 0.243 e. The molecule has 0 fully saturated rings. The Kier molecular flexibility index (Phi) is 5.47. The zero-order valence-electron chi connectivity index (χ0n) is 11.3. The second-order valence-corrected chi connectivity index (χ2v) is 5.52. The van der Waals surface area contributed by atoms with E-state index in [1.165, 1.54) is 0 Å². The predicted molar refractivity (Wildman–Crippen MR) is 89.3 cm³/mol. The van der Waals surface area contributed by atoms with Gasteiger partial charge in [0.05, 0.1) is 18.7 Å². The van der Waals surface area contributed by atoms with Crippen LogP contribution in [0.15, 0.2) is 46.9 Å². The van der Waals surface area contributed by atoms with Gasteiger partial charge in [0.15, 0.2) is 0 Å². The average Bonchev–Trinajstić information content (AvgIpc) is 2.49. The Morgan fingerprint density at radius 1 is 1.19 bits per heavy atom. The van der Waals surface area contributed by atoms with E-state index in [0.717, 1.165) is 21.6 Å². The summed E-state index contributed by atoms with van der Waals surface area (Å²) in [5, 5.41) is 6.45. The molecule has 2 aromatic carbocycles. The van der Waals surface area contributed by atoms with Gasteiger partial charge in [0.25, 0.3) is 0 Å². The Hall–Kier alpha value is -1.72. The monoisotopic (exact) mass is 368 g/mol. The van der Waals surface area contributed by atoms with Crippen LogP contribution in [0.5, 0.6) is 5.75 Å². The fourth-order valence-electron chi connectivity index (χ4n) is 1.67. The van der Waals surface area contributed by atoms with Crippen LogP contribution < -0.4 is 15.4 Å². The summed E-state index contributed by atoms with van der Waals surface area (Å²) in [7, 11) is 1.60. The normalized spacial score (nSPS) is 10.0. The van der Waals surface area contributed by atoms with Crippen LogP contribution in [0.2, 0.25) is 5.02 Å². The van der Waals surface area contributed by atoms with E-state index >= 15 is 0 Å². The number of halogens is 2. The summed E-state index contributed by atoms with van der Waals surface area (Å²) >= 11 is 9.25. The van der Waals surface area contributed by atoms with Gasteiger partial charge in [0, 0.05) is 15.8 Å². The van der Waals surface area contributed by atoms with E-state index in [4.69, 9.17) is 16.3 Å². The van der Waals surface area contributed by atoms with Crippen molar-refractivity contribution in [3.63, 3.8) is 0 Å². The van der Waals surface area contributed by atoms with Gasteiger partial charge in [-0.1, -0.05) is 11.6 Å². The summed E-state index contributed by atoms with van der Waals surface area (Å²) in [4.78, 5) is 11.8. The minimum Gasteiger partial charge on any atom is -0.497 e. The van der Waals surface area contributed by atoms with Crippen LogP contribution in [0.4, 0.5) is 11.4 Å². The third-order valence-electron chi connectivity index (χ3n) is 2.75. The standard InChI is InChI=1S/C15H14BrClN2O2/c1-21-12-5-2-10(3-6-12)19-15(20)9-18-11-4-7-14(17)13(16)8-11/h2-8,18H,9H2,1H3,(H,19,20). The first kappa shape index (κ1) is 15.7. The molecule has 0 bridgehead atoms. The average molecular weight is 370 g/mol. The Labute approximate surface area is 136 Å². The third kappa shape index (κ3) is 4.65. The number of ether oxygens (including phenoxy) is 1. The summed E-state index contributed by atoms with van der Waals surface area (Å²) in [6.07, 6.45) is 0. The third-order valence-corrected chi connectivity index (χ3v) is 3.96. The first-order chi connectivity index (χ1) is 10.1. The van der Waals surface area contributed by atoms with Gasteiger partial charge in [-0.2, -0.15) is 0 Å². The van der Waals surface area contributed by atoms with Crippen molar-refractivity contribution in [2.45, 2.75) is 0 Å². The fourth-order valence-corrected chi connectivity index (χ4v) is 2.16. The van der Waals surface area contributed by atoms with Crippen molar-refractivity contribution >= 4 is 44.8 Å². The molecule has 0 atom stereocenters. The molecule has 0 aliphatic heterocycles. The van der Waals surface area contributed by atoms with Crippen molar-refractivity contribution in [1.82, 2.24) is 0 Å². The highest BCUT2D eigenvalue weighted by Gasteiger charge is 2.04. The molecule has 0 aliphatic rings. The molecule has 0 radical (unpaired) electrons. The summed E-state index contributed by atoms with van der Waals surface area (Å²) in [5.74, 6) is 0.614. The molecule has 4 nitrogen and oxygen atoms in total. The molecule has 0 aromatic heterocycles. The Bertz CT molecular complexity index is 632. The van der Waals surface area contributed by atoms with E-state index in [-0.39, 0.29) is 12.5 Å². The maximum atomic E-state index is 11.8. The van der Waals surface area contributed by atoms with E-state index in [1.54, 1.807) is 37.4 Å². The molecule has 110 valence electrons. The van der Waals surface area contributed by atoms with Crippen LogP contribution in [0.1, 0.15) is 0 Å². The van der Waals surface area contributed by atoms with E-state index in [2.05, 4.69) is 26.6 Å². The number of carbonyl (C=O) groups is 1. The molecule has 2 aromatic rings. The second kappa shape index (κ2) is 7.33. The number of amides is 1. The number of hydrogen-bond acceptors (Lipinski definition) is 3. The number of anilines is 2. The quantitative estimate of drug-likeness (QED) is 0.832. The first-order valence-corrected chi connectivity index (χ1v) is 7.38. The van der Waals surface area contributed by atoms with Gasteiger partial charge in [-0.25, -0.2) is 0 Å². The molecule has 6 heteroatoms. The second-order valence-electron chi connectivity index (χ2n) is 4.26. The van der Waals surface area contributed by atoms with Gasteiger partial charge in [0.2, 0.25) is 5.91 Å². The SMILES string of the molecule is COc1ccc(NC(=O)CNc2ccc(Cl)c(Br)c2)cc1. The van der Waals surface area contributed by atoms with Crippen molar-refractivity contribution in [2.75, 3.05) is 24.3 Å². The molecule has 0 aliphatic carbocycles. The zero-order chi connectivity index (χ0) is 15.2. The molecule has 21 heavy (non-hydrogen) atoms. The van der Waals surface area contributed by atoms with Crippen LogP contribution in [0.3, 0.4) is 0 Å². The number of rotatable bonds is 5. The van der Waals surface area contributed by atoms with Crippen molar-refractivity contribution in [3.8, 4) is 5.75 Å². The molecule has 0 saturated carbocycles. The molecule has 0 heterocycles. The molecule has 0 saturated heterocycles. The number of carbonyl (C=O) groups excluding carboxylic acids is 1. The van der Waals surface area contributed by atoms with Gasteiger partial charge in [-0.3, -0.25) is 4.79 Å². The largest absolute Gasteiger partial charge is 0.497 e. The molecular formula is C15H14BrClN2O2. The van der Waals surface area contributed by atoms with Gasteiger partial charge in [0.1, 0.15) is 5.75 Å². The molecule has 0 spiro atoms. The van der Waals surface area contributed by atoms with E-state index in [1.807, 2.05) is 12.1 Å². The van der Waals surface area contributed by atoms with Crippen molar-refractivity contribution in [1.29, 1.82) is 0 Å². The molecule has 2 N–H and O–H groups in total. The van der Waals surface area contributed by atoms with Gasteiger partial charge >= 0.3 is 0 Å². The number of benzene rings is 2. The topological polar surface area (TPSA) is 50.4 Å². The Balaban J connectivity index is 1.87. The summed E-state index contributed by atoms with van der Waals surface area (Å²) < 4.78 is 5.84. The van der Waals surface area contributed by atoms with Gasteiger partial charge < -0.3 is 15.4 Å². The highest BCUT2D eigenvalue weighted by molar-refractivity contribution is 9.10. The van der Waals surface area contributed by atoms with E-state index < -0.39 is 0 Å². The number of nitrogens with one attached hydrogen (secondary N) is 2. The van der Waals surface area contributed by atoms with Crippen molar-refractivity contribution in [2.24, 2.45) is 0 Å². The summed E-state index contributed by atoms with van der Waals surface area (Å²) in [6, 6.07) is 12.6. The molecule has 0 unspecified atom stereocenters. The molecule has 1 amide bonds. The predicted octanol–water partition coefficient (Wildman–Crippen LogP) is 4.16. The van der Waals surface area contributed by atoms with Gasteiger partial charge in [-0.05, 0) is 58.4 Å². The number of hydrogen-bond donors (Lipinski definition) is 2. The first-order valence-electron chi connectivity index (χ1n) is 6.21. The summed E-state index contributed by atoms with van der Waals surface area (Å²) in [6.45, 7) is 0.167. The maximum absolute atomic E-state index is 11.8. The summed E-state index contributed by atoms with van der Waals surface area (Å²) in [5.41, 5.74) is 1.54. The number of methoxy groups -OCH3 is 1. The lowest BCUT2D eigenvalue weighted by Crippen LogP contribution is -2.21. The van der Waals surface area contributed by atoms with Crippen LogP contribution >= 0.6 is 27.5 Å². The lowest BCUT2D eigenvalue weighted by molar-refractivity contribution is -0.114. The molecular weight excluding hydrogens is 356 g/mol. The highest BCUT2D eigenvalue weighted by atomic mass is 79.9. The fraction of sp³-hybridized carbons (Fsp3) is 0.133. The Morgan fingerprint density at radius 2 is 1.86 bits per heavy atom. The molecule has 2 rings (SSSR count). The van der Waals surface area contributed by atoms with E-state index in [0.29, 0.717) is 5.02 Å². The Morgan fingerprint density at radius 3 is 2.48 bits per heavy atom. The van der Waals surface area contributed by atoms with Crippen LogP contribution in [0, 0.1) is 0 Å². The zero-order valence-corrected chi connectivity index (χ0v) is 13.7. The smallest absolute Gasteiger partial charge is 0.243 e. The lowest BCUT2D eigenvalue weighted by atomic mass is 10.3. The minimum atomic E-state index is -0.133.